The number of ether oxygens (including phenoxy) is 1. The summed E-state index contributed by atoms with van der Waals surface area (Å²) in [6.07, 6.45) is 1.41. The van der Waals surface area contributed by atoms with Gasteiger partial charge < -0.3 is 21.1 Å². The topological polar surface area (TPSA) is 131 Å². The number of nitrogens with one attached hydrogen (secondary N) is 3. The van der Waals surface area contributed by atoms with Crippen LogP contribution in [0.1, 0.15) is 13.8 Å². The summed E-state index contributed by atoms with van der Waals surface area (Å²) in [6, 6.07) is 7.02. The molecule has 2 aromatic heterocycles. The van der Waals surface area contributed by atoms with Crippen LogP contribution in [0.4, 0.5) is 21.4 Å². The highest BCUT2D eigenvalue weighted by atomic mass is 32.1. The first-order valence-electron chi connectivity index (χ1n) is 9.33. The molecule has 0 aliphatic carbocycles. The fraction of sp³-hybridized carbons (Fsp3) is 0.200. The summed E-state index contributed by atoms with van der Waals surface area (Å²) in [5.41, 5.74) is 8.24. The molecule has 0 radical (unpaired) electrons. The highest BCUT2D eigenvalue weighted by Crippen LogP contribution is 2.38. The van der Waals surface area contributed by atoms with Crippen LogP contribution in [0, 0.1) is 0 Å². The maximum absolute atomic E-state index is 12.1. The Balaban J connectivity index is 1.77. The summed E-state index contributed by atoms with van der Waals surface area (Å²) >= 11 is 2.67. The predicted octanol–water partition coefficient (Wildman–Crippen LogP) is 4.15. The van der Waals surface area contributed by atoms with Gasteiger partial charge >= 0.3 is 6.03 Å². The number of nitrogens with two attached hydrogens (primary N) is 1. The van der Waals surface area contributed by atoms with Crippen LogP contribution in [0.15, 0.2) is 41.5 Å². The van der Waals surface area contributed by atoms with Crippen LogP contribution in [-0.2, 0) is 9.53 Å². The van der Waals surface area contributed by atoms with Gasteiger partial charge in [0.15, 0.2) is 5.13 Å². The van der Waals surface area contributed by atoms with E-state index in [-0.39, 0.29) is 11.9 Å². The summed E-state index contributed by atoms with van der Waals surface area (Å²) in [5.74, 6) is 0.582. The molecule has 9 nitrogen and oxygen atoms in total. The quantitative estimate of drug-likeness (QED) is 0.311. The minimum atomic E-state index is -0.370. The molecule has 0 aliphatic heterocycles. The van der Waals surface area contributed by atoms with Crippen molar-refractivity contribution in [3.05, 3.63) is 41.5 Å². The number of hydrogen-bond donors (Lipinski definition) is 4. The molecule has 5 N–H and O–H groups in total. The van der Waals surface area contributed by atoms with Crippen LogP contribution in [-0.4, -0.2) is 35.6 Å². The number of anilines is 3. The van der Waals surface area contributed by atoms with Gasteiger partial charge in [-0.25, -0.2) is 14.8 Å². The molecule has 0 fully saturated rings. The fourth-order valence-electron chi connectivity index (χ4n) is 2.60. The Morgan fingerprint density at radius 3 is 2.81 bits per heavy atom. The van der Waals surface area contributed by atoms with Crippen LogP contribution in [0.5, 0.6) is 0 Å². The lowest BCUT2D eigenvalue weighted by molar-refractivity contribution is -0.112. The van der Waals surface area contributed by atoms with E-state index in [0.29, 0.717) is 38.9 Å². The monoisotopic (exact) mass is 458 g/mol. The number of nitrogens with zero attached hydrogens (tertiary/aromatic N) is 2. The molecule has 2 heterocycles. The molecule has 1 aromatic carbocycles. The summed E-state index contributed by atoms with van der Waals surface area (Å²) in [4.78, 5) is 33.1. The average molecular weight is 459 g/mol. The van der Waals surface area contributed by atoms with Gasteiger partial charge in [0.2, 0.25) is 0 Å². The van der Waals surface area contributed by atoms with E-state index in [1.807, 2.05) is 30.5 Å². The Hall–Kier alpha value is -3.44. The van der Waals surface area contributed by atoms with E-state index in [4.69, 9.17) is 10.5 Å². The van der Waals surface area contributed by atoms with Gasteiger partial charge in [-0.15, -0.1) is 11.3 Å². The van der Waals surface area contributed by atoms with Gasteiger partial charge in [-0.3, -0.25) is 10.1 Å². The molecule has 11 heteroatoms. The lowest BCUT2D eigenvalue weighted by Gasteiger charge is -2.06. The molecule has 0 saturated carbocycles. The zero-order chi connectivity index (χ0) is 22.4. The molecule has 3 rings (SSSR count). The van der Waals surface area contributed by atoms with Gasteiger partial charge in [-0.05, 0) is 26.0 Å². The van der Waals surface area contributed by atoms with Gasteiger partial charge in [0, 0.05) is 29.8 Å². The van der Waals surface area contributed by atoms with Gasteiger partial charge in [-0.2, -0.15) is 0 Å². The molecule has 3 aromatic rings. The van der Waals surface area contributed by atoms with Gasteiger partial charge in [0.05, 0.1) is 18.1 Å². The lowest BCUT2D eigenvalue weighted by atomic mass is 10.1. The van der Waals surface area contributed by atoms with Crippen LogP contribution < -0.4 is 21.7 Å². The van der Waals surface area contributed by atoms with E-state index in [9.17, 15) is 9.59 Å². The van der Waals surface area contributed by atoms with E-state index in [1.54, 1.807) is 13.0 Å². The van der Waals surface area contributed by atoms with Crippen molar-refractivity contribution in [1.29, 1.82) is 0 Å². The molecule has 3 amide bonds. The Kier molecular flexibility index (Phi) is 7.21. The molecule has 0 atom stereocenters. The highest BCUT2D eigenvalue weighted by molar-refractivity contribution is 7.23. The number of benzene rings is 1. The second kappa shape index (κ2) is 10.0. The number of carbonyl (C=O) groups excluding carboxylic acids is 2. The van der Waals surface area contributed by atoms with E-state index < -0.39 is 0 Å². The van der Waals surface area contributed by atoms with Crippen molar-refractivity contribution in [1.82, 2.24) is 15.3 Å². The maximum Gasteiger partial charge on any atom is 0.320 e. The molecule has 0 saturated heterocycles. The molecule has 162 valence electrons. The Morgan fingerprint density at radius 2 is 2.06 bits per heavy atom. The van der Waals surface area contributed by atoms with Crippen molar-refractivity contribution >= 4 is 51.2 Å². The summed E-state index contributed by atoms with van der Waals surface area (Å²) in [6.45, 7) is 4.10. The first-order chi connectivity index (χ1) is 14.9. The molecule has 0 bridgehead atoms. The van der Waals surface area contributed by atoms with Crippen molar-refractivity contribution in [3.8, 4) is 21.1 Å². The van der Waals surface area contributed by atoms with Gasteiger partial charge in [0.25, 0.3) is 5.91 Å². The van der Waals surface area contributed by atoms with Crippen molar-refractivity contribution in [3.63, 3.8) is 0 Å². The Labute approximate surface area is 187 Å². The fourth-order valence-corrected chi connectivity index (χ4v) is 4.41. The van der Waals surface area contributed by atoms with Crippen molar-refractivity contribution < 1.29 is 14.3 Å². The van der Waals surface area contributed by atoms with Crippen molar-refractivity contribution in [2.45, 2.75) is 13.8 Å². The SMILES string of the molecule is CCO/C(C)=C/C(=O)Nc1cccc(-c2csc(-c3sc(NC(=O)NC)nc3N)n2)c1. The van der Waals surface area contributed by atoms with Gasteiger partial charge in [-0.1, -0.05) is 23.5 Å². The van der Waals surface area contributed by atoms with E-state index >= 15 is 0 Å². The number of thiazole rings is 2. The zero-order valence-corrected chi connectivity index (χ0v) is 18.8. The number of hydrogen-bond acceptors (Lipinski definition) is 8. The summed E-state index contributed by atoms with van der Waals surface area (Å²) < 4.78 is 5.28. The molecular weight excluding hydrogens is 436 g/mol. The third-order valence-corrected chi connectivity index (χ3v) is 5.91. The average Bonchev–Trinajstić information content (AvgIpc) is 3.34. The predicted molar refractivity (Wildman–Crippen MR) is 125 cm³/mol. The van der Waals surface area contributed by atoms with E-state index in [1.165, 1.54) is 35.8 Å². The highest BCUT2D eigenvalue weighted by Gasteiger charge is 2.16. The van der Waals surface area contributed by atoms with Crippen LogP contribution in [0.2, 0.25) is 0 Å². The number of urea groups is 1. The normalized spacial score (nSPS) is 11.1. The summed E-state index contributed by atoms with van der Waals surface area (Å²) in [5, 5.41) is 10.9. The minimum absolute atomic E-state index is 0.268. The number of aromatic nitrogens is 2. The van der Waals surface area contributed by atoms with E-state index in [0.717, 1.165) is 11.3 Å². The van der Waals surface area contributed by atoms with Crippen molar-refractivity contribution in [2.75, 3.05) is 30.0 Å². The largest absolute Gasteiger partial charge is 0.498 e. The second-order valence-electron chi connectivity index (χ2n) is 6.23. The molecule has 0 unspecified atom stereocenters. The maximum atomic E-state index is 12.1. The lowest BCUT2D eigenvalue weighted by Crippen LogP contribution is -2.24. The molecular formula is C20H22N6O3S2. The first kappa shape index (κ1) is 22.2. The second-order valence-corrected chi connectivity index (χ2v) is 8.09. The van der Waals surface area contributed by atoms with Crippen LogP contribution in [0.3, 0.4) is 0 Å². The van der Waals surface area contributed by atoms with Crippen LogP contribution in [0.25, 0.3) is 21.1 Å². The van der Waals surface area contributed by atoms with E-state index in [2.05, 4.69) is 25.9 Å². The Morgan fingerprint density at radius 1 is 1.26 bits per heavy atom. The molecule has 0 spiro atoms. The number of rotatable bonds is 7. The number of nitrogen functional groups attached to an aromatic ring is 1. The molecule has 31 heavy (non-hydrogen) atoms. The zero-order valence-electron chi connectivity index (χ0n) is 17.2. The Bertz CT molecular complexity index is 1120. The molecule has 0 aliphatic rings. The summed E-state index contributed by atoms with van der Waals surface area (Å²) in [7, 11) is 1.52. The van der Waals surface area contributed by atoms with Crippen molar-refractivity contribution in [2.24, 2.45) is 0 Å². The number of allylic oxidation sites excluding steroid dienone is 1. The third-order valence-electron chi connectivity index (χ3n) is 3.93. The van der Waals surface area contributed by atoms with Gasteiger partial charge in [0.1, 0.15) is 15.7 Å². The smallest absolute Gasteiger partial charge is 0.320 e. The minimum Gasteiger partial charge on any atom is -0.498 e. The van der Waals surface area contributed by atoms with Crippen LogP contribution >= 0.6 is 22.7 Å². The standard InChI is InChI=1S/C20H22N6O3S2/c1-4-29-11(2)8-15(27)23-13-7-5-6-12(9-13)14-10-30-18(24-14)16-17(21)25-20(31-16)26-19(28)22-3/h5-10H,4,21H2,1-3H3,(H,23,27)(H2,22,25,26,28)/b11-8+. The number of amides is 3. The number of carbonyl (C=O) groups is 2. The first-order valence-corrected chi connectivity index (χ1v) is 11.0. The third kappa shape index (κ3) is 5.80.